The summed E-state index contributed by atoms with van der Waals surface area (Å²) in [5, 5.41) is 6.04. The van der Waals surface area contributed by atoms with Gasteiger partial charge >= 0.3 is 0 Å². The monoisotopic (exact) mass is 204 g/mol. The Morgan fingerprint density at radius 2 is 2.33 bits per heavy atom. The van der Waals surface area contributed by atoms with Crippen LogP contribution < -0.4 is 11.1 Å². The first kappa shape index (κ1) is 9.20. The lowest BCUT2D eigenvalue weighted by Crippen LogP contribution is -2.13. The maximum Gasteiger partial charge on any atom is 0.275 e. The molecule has 0 aliphatic rings. The van der Waals surface area contributed by atoms with Crippen LogP contribution in [-0.2, 0) is 0 Å². The third-order valence-corrected chi connectivity index (χ3v) is 1.70. The summed E-state index contributed by atoms with van der Waals surface area (Å²) in [7, 11) is 0. The fourth-order valence-electron chi connectivity index (χ4n) is 1.03. The largest absolute Gasteiger partial charge is 0.399 e. The Balaban J connectivity index is 2.15. The van der Waals surface area contributed by atoms with E-state index in [1.807, 2.05) is 0 Å². The Morgan fingerprint density at radius 3 is 3.00 bits per heavy atom. The number of hydrogen-bond donors (Lipinski definition) is 2. The van der Waals surface area contributed by atoms with Crippen molar-refractivity contribution < 1.29 is 9.32 Å². The second kappa shape index (κ2) is 3.79. The summed E-state index contributed by atoms with van der Waals surface area (Å²) in [5.41, 5.74) is 6.23. The van der Waals surface area contributed by atoms with Gasteiger partial charge in [-0.1, -0.05) is 5.16 Å². The van der Waals surface area contributed by atoms with Gasteiger partial charge in [0.05, 0.1) is 0 Å². The molecule has 0 aliphatic heterocycles. The molecule has 2 aromatic heterocycles. The van der Waals surface area contributed by atoms with Gasteiger partial charge in [0.15, 0.2) is 5.82 Å². The second-order valence-corrected chi connectivity index (χ2v) is 2.81. The highest BCUT2D eigenvalue weighted by Crippen LogP contribution is 2.07. The number of amides is 1. The van der Waals surface area contributed by atoms with Gasteiger partial charge in [0.2, 0.25) is 0 Å². The van der Waals surface area contributed by atoms with Gasteiger partial charge in [0.25, 0.3) is 5.91 Å². The Kier molecular flexibility index (Phi) is 2.32. The van der Waals surface area contributed by atoms with E-state index in [1.54, 1.807) is 6.07 Å². The number of aromatic nitrogens is 2. The van der Waals surface area contributed by atoms with Crippen LogP contribution in [0.3, 0.4) is 0 Å². The van der Waals surface area contributed by atoms with Crippen molar-refractivity contribution in [2.75, 3.05) is 11.1 Å². The van der Waals surface area contributed by atoms with Gasteiger partial charge in [0, 0.05) is 18.0 Å². The van der Waals surface area contributed by atoms with Crippen LogP contribution in [0.2, 0.25) is 0 Å². The minimum Gasteiger partial charge on any atom is -0.399 e. The summed E-state index contributed by atoms with van der Waals surface area (Å²) in [5.74, 6) is -0.0413. The molecule has 15 heavy (non-hydrogen) atoms. The predicted octanol–water partition coefficient (Wildman–Crippen LogP) is 0.904. The van der Waals surface area contributed by atoms with Crippen LogP contribution in [0.25, 0.3) is 0 Å². The second-order valence-electron chi connectivity index (χ2n) is 2.81. The SMILES string of the molecule is Nc1ccnc(C(=O)Nc2ccon2)c1. The maximum absolute atomic E-state index is 11.6. The number of rotatable bonds is 2. The molecule has 0 unspecified atom stereocenters. The minimum absolute atomic E-state index is 0.234. The van der Waals surface area contributed by atoms with Gasteiger partial charge in [0.1, 0.15) is 12.0 Å². The molecule has 6 heteroatoms. The third kappa shape index (κ3) is 2.11. The van der Waals surface area contributed by atoms with Gasteiger partial charge in [-0.05, 0) is 12.1 Å². The molecule has 76 valence electrons. The molecule has 2 heterocycles. The molecule has 0 saturated heterocycles. The van der Waals surface area contributed by atoms with Crippen LogP contribution in [0.4, 0.5) is 11.5 Å². The summed E-state index contributed by atoms with van der Waals surface area (Å²) < 4.78 is 4.57. The summed E-state index contributed by atoms with van der Waals surface area (Å²) in [6.07, 6.45) is 2.83. The van der Waals surface area contributed by atoms with Crippen LogP contribution in [0.1, 0.15) is 10.5 Å². The molecule has 0 spiro atoms. The smallest absolute Gasteiger partial charge is 0.275 e. The van der Waals surface area contributed by atoms with E-state index in [-0.39, 0.29) is 11.6 Å². The summed E-state index contributed by atoms with van der Waals surface area (Å²) in [4.78, 5) is 15.4. The molecule has 0 saturated carbocycles. The van der Waals surface area contributed by atoms with E-state index < -0.39 is 0 Å². The van der Waals surface area contributed by atoms with E-state index in [2.05, 4.69) is 20.0 Å². The lowest BCUT2D eigenvalue weighted by molar-refractivity contribution is 0.102. The van der Waals surface area contributed by atoms with Crippen molar-refractivity contribution in [3.63, 3.8) is 0 Å². The van der Waals surface area contributed by atoms with E-state index >= 15 is 0 Å². The van der Waals surface area contributed by atoms with Crippen molar-refractivity contribution in [3.8, 4) is 0 Å². The molecule has 0 radical (unpaired) electrons. The van der Waals surface area contributed by atoms with Crippen LogP contribution in [0.5, 0.6) is 0 Å². The van der Waals surface area contributed by atoms with Gasteiger partial charge in [-0.25, -0.2) is 0 Å². The van der Waals surface area contributed by atoms with Crippen molar-refractivity contribution >= 4 is 17.4 Å². The number of carbonyl (C=O) groups excluding carboxylic acids is 1. The molecule has 2 rings (SSSR count). The summed E-state index contributed by atoms with van der Waals surface area (Å²) >= 11 is 0. The maximum atomic E-state index is 11.6. The Hall–Kier alpha value is -2.37. The molecule has 0 aromatic carbocycles. The van der Waals surface area contributed by atoms with E-state index in [0.717, 1.165) is 0 Å². The fraction of sp³-hybridized carbons (Fsp3) is 0. The zero-order valence-corrected chi connectivity index (χ0v) is 7.68. The average molecular weight is 204 g/mol. The molecular formula is C9H8N4O2. The minimum atomic E-state index is -0.379. The molecule has 0 fully saturated rings. The Morgan fingerprint density at radius 1 is 1.47 bits per heavy atom. The molecular weight excluding hydrogens is 196 g/mol. The zero-order chi connectivity index (χ0) is 10.7. The van der Waals surface area contributed by atoms with Gasteiger partial charge in [-0.3, -0.25) is 9.78 Å². The van der Waals surface area contributed by atoms with E-state index in [1.165, 1.54) is 24.6 Å². The fourth-order valence-corrected chi connectivity index (χ4v) is 1.03. The number of nitrogens with two attached hydrogens (primary N) is 1. The topological polar surface area (TPSA) is 94.0 Å². The Labute approximate surface area is 85.1 Å². The highest BCUT2D eigenvalue weighted by Gasteiger charge is 2.08. The van der Waals surface area contributed by atoms with Crippen molar-refractivity contribution in [2.24, 2.45) is 0 Å². The molecule has 6 nitrogen and oxygen atoms in total. The number of anilines is 2. The van der Waals surface area contributed by atoms with Crippen molar-refractivity contribution in [1.82, 2.24) is 10.1 Å². The quantitative estimate of drug-likeness (QED) is 0.758. The first-order chi connectivity index (χ1) is 7.25. The van der Waals surface area contributed by atoms with Crippen LogP contribution in [-0.4, -0.2) is 16.0 Å². The number of hydrogen-bond acceptors (Lipinski definition) is 5. The van der Waals surface area contributed by atoms with E-state index in [4.69, 9.17) is 5.73 Å². The van der Waals surface area contributed by atoms with Gasteiger partial charge in [-0.15, -0.1) is 0 Å². The first-order valence-electron chi connectivity index (χ1n) is 4.19. The van der Waals surface area contributed by atoms with Crippen molar-refractivity contribution in [3.05, 3.63) is 36.4 Å². The van der Waals surface area contributed by atoms with Crippen molar-refractivity contribution in [1.29, 1.82) is 0 Å². The predicted molar refractivity (Wildman–Crippen MR) is 53.1 cm³/mol. The van der Waals surface area contributed by atoms with E-state index in [0.29, 0.717) is 11.5 Å². The average Bonchev–Trinajstić information content (AvgIpc) is 2.70. The van der Waals surface area contributed by atoms with Gasteiger partial charge in [-0.2, -0.15) is 0 Å². The highest BCUT2D eigenvalue weighted by molar-refractivity contribution is 6.02. The first-order valence-corrected chi connectivity index (χ1v) is 4.19. The molecule has 3 N–H and O–H groups in total. The van der Waals surface area contributed by atoms with E-state index in [9.17, 15) is 4.79 Å². The number of pyridine rings is 1. The number of nitrogens with zero attached hydrogens (tertiary/aromatic N) is 2. The summed E-state index contributed by atoms with van der Waals surface area (Å²) in [6.45, 7) is 0. The van der Waals surface area contributed by atoms with Crippen molar-refractivity contribution in [2.45, 2.75) is 0 Å². The third-order valence-electron chi connectivity index (χ3n) is 1.70. The molecule has 0 aliphatic carbocycles. The normalized spacial score (nSPS) is 9.87. The summed E-state index contributed by atoms with van der Waals surface area (Å²) in [6, 6.07) is 4.62. The zero-order valence-electron chi connectivity index (χ0n) is 7.68. The van der Waals surface area contributed by atoms with Gasteiger partial charge < -0.3 is 15.6 Å². The standard InChI is InChI=1S/C9H8N4O2/c10-6-1-3-11-7(5-6)9(14)12-8-2-4-15-13-8/h1-5H,(H2,10,11)(H,12,13,14). The molecule has 1 amide bonds. The Bertz CT molecular complexity index is 467. The molecule has 0 atom stereocenters. The highest BCUT2D eigenvalue weighted by atomic mass is 16.5. The number of nitrogens with one attached hydrogen (secondary N) is 1. The van der Waals surface area contributed by atoms with Crippen LogP contribution in [0, 0.1) is 0 Å². The lowest BCUT2D eigenvalue weighted by Gasteiger charge is -2.00. The van der Waals surface area contributed by atoms with Crippen LogP contribution >= 0.6 is 0 Å². The number of carbonyl (C=O) groups is 1. The molecule has 0 bridgehead atoms. The molecule has 2 aromatic rings. The van der Waals surface area contributed by atoms with Crippen LogP contribution in [0.15, 0.2) is 35.2 Å². The lowest BCUT2D eigenvalue weighted by atomic mass is 10.3. The number of nitrogen functional groups attached to an aromatic ring is 1.